The van der Waals surface area contributed by atoms with Crippen molar-refractivity contribution in [3.63, 3.8) is 0 Å². The first-order valence-electron chi connectivity index (χ1n) is 11.5. The van der Waals surface area contributed by atoms with E-state index < -0.39 is 21.4 Å². The summed E-state index contributed by atoms with van der Waals surface area (Å²) in [5, 5.41) is 18.7. The molecule has 0 bridgehead atoms. The first-order chi connectivity index (χ1) is 17.7. The Kier molecular flexibility index (Phi) is 6.97. The summed E-state index contributed by atoms with van der Waals surface area (Å²) in [7, 11) is -4.08. The van der Waals surface area contributed by atoms with Crippen molar-refractivity contribution in [1.82, 2.24) is 4.98 Å². The number of carbonyl (C=O) groups is 1. The van der Waals surface area contributed by atoms with Gasteiger partial charge in [0.15, 0.2) is 17.4 Å². The molecule has 4 aromatic rings. The van der Waals surface area contributed by atoms with Crippen LogP contribution >= 0.6 is 11.3 Å². The molecule has 37 heavy (non-hydrogen) atoms. The van der Waals surface area contributed by atoms with Crippen LogP contribution in [0.5, 0.6) is 5.06 Å². The van der Waals surface area contributed by atoms with Crippen LogP contribution in [0.3, 0.4) is 0 Å². The number of primary sulfonamides is 1. The zero-order valence-corrected chi connectivity index (χ0v) is 21.3. The number of Topliss-reactive ketones (excluding diaryl/α,β-unsaturated/α-hetero) is 1. The third-order valence-electron chi connectivity index (χ3n) is 6.19. The lowest BCUT2D eigenvalue weighted by atomic mass is 9.88. The van der Waals surface area contributed by atoms with Crippen molar-refractivity contribution in [2.24, 2.45) is 5.14 Å². The number of nitrogens with two attached hydrogens (primary N) is 1. The quantitative estimate of drug-likeness (QED) is 0.320. The van der Waals surface area contributed by atoms with Gasteiger partial charge >= 0.3 is 0 Å². The van der Waals surface area contributed by atoms with Crippen LogP contribution in [-0.4, -0.2) is 44.1 Å². The number of thiophene rings is 1. The fourth-order valence-electron chi connectivity index (χ4n) is 4.23. The number of sulfonamides is 1. The van der Waals surface area contributed by atoms with E-state index >= 15 is 0 Å². The molecule has 0 aliphatic carbocycles. The summed E-state index contributed by atoms with van der Waals surface area (Å²) in [6.07, 6.45) is 2.16. The molecule has 1 saturated heterocycles. The van der Waals surface area contributed by atoms with Crippen LogP contribution in [0.15, 0.2) is 75.5 Å². The Morgan fingerprint density at radius 3 is 2.59 bits per heavy atom. The number of hydrogen-bond acceptors (Lipinski definition) is 9. The number of rotatable bonds is 8. The fourth-order valence-corrected chi connectivity index (χ4v) is 5.80. The largest absolute Gasteiger partial charge is 0.475 e. The summed E-state index contributed by atoms with van der Waals surface area (Å²) in [5.41, 5.74) is 1.36. The van der Waals surface area contributed by atoms with E-state index in [4.69, 9.17) is 19.0 Å². The second kappa shape index (κ2) is 10.2. The number of aliphatic hydroxyl groups is 1. The molecule has 11 heteroatoms. The fraction of sp³-hybridized carbons (Fsp3) is 0.231. The smallest absolute Gasteiger partial charge is 0.267 e. The summed E-state index contributed by atoms with van der Waals surface area (Å²) in [6, 6.07) is 15.9. The molecule has 0 radical (unpaired) electrons. The van der Waals surface area contributed by atoms with Gasteiger partial charge in [0.05, 0.1) is 16.7 Å². The number of ketones is 1. The lowest BCUT2D eigenvalue weighted by Gasteiger charge is -2.32. The van der Waals surface area contributed by atoms with Crippen molar-refractivity contribution in [2.45, 2.75) is 23.3 Å². The first-order valence-corrected chi connectivity index (χ1v) is 13.9. The molecular formula is C26H24N2O7S2. The number of aromatic nitrogens is 1. The molecular weight excluding hydrogens is 516 g/mol. The van der Waals surface area contributed by atoms with Gasteiger partial charge in [-0.25, -0.2) is 18.5 Å². The predicted molar refractivity (Wildman–Crippen MR) is 137 cm³/mol. The van der Waals surface area contributed by atoms with Crippen molar-refractivity contribution in [1.29, 1.82) is 0 Å². The summed E-state index contributed by atoms with van der Waals surface area (Å²) < 4.78 is 41.2. The Bertz CT molecular complexity index is 1520. The van der Waals surface area contributed by atoms with Crippen LogP contribution in [0.1, 0.15) is 29.1 Å². The normalized spacial score (nSPS) is 15.4. The van der Waals surface area contributed by atoms with Crippen molar-refractivity contribution in [3.05, 3.63) is 77.6 Å². The summed E-state index contributed by atoms with van der Waals surface area (Å²) in [4.78, 5) is 16.7. The molecule has 0 amide bonds. The van der Waals surface area contributed by atoms with Crippen LogP contribution in [0.2, 0.25) is 0 Å². The topological polar surface area (TPSA) is 142 Å². The van der Waals surface area contributed by atoms with E-state index in [2.05, 4.69) is 4.98 Å². The third kappa shape index (κ3) is 5.36. The number of nitrogens with zero attached hydrogens (tertiary/aromatic N) is 1. The van der Waals surface area contributed by atoms with Crippen LogP contribution in [-0.2, 0) is 20.4 Å². The van der Waals surface area contributed by atoms with Crippen LogP contribution in [0.25, 0.3) is 22.5 Å². The lowest BCUT2D eigenvalue weighted by molar-refractivity contribution is -0.0687. The second-order valence-electron chi connectivity index (χ2n) is 8.63. The van der Waals surface area contributed by atoms with E-state index in [9.17, 15) is 18.3 Å². The van der Waals surface area contributed by atoms with Gasteiger partial charge in [-0.2, -0.15) is 0 Å². The summed E-state index contributed by atoms with van der Waals surface area (Å²) in [6.45, 7) is 0.512. The summed E-state index contributed by atoms with van der Waals surface area (Å²) >= 11 is 1.28. The highest BCUT2D eigenvalue weighted by Crippen LogP contribution is 2.41. The molecule has 2 aromatic heterocycles. The number of oxazole rings is 1. The maximum Gasteiger partial charge on any atom is 0.267 e. The SMILES string of the molecule is NS(=O)(=O)c1ccc(-c2ccccc2)cc1-c1cnc(C(=O)COc2sccc2C2(O)CCOCC2)o1. The minimum Gasteiger partial charge on any atom is -0.475 e. The minimum atomic E-state index is -4.08. The van der Waals surface area contributed by atoms with Gasteiger partial charge in [0, 0.05) is 37.2 Å². The van der Waals surface area contributed by atoms with E-state index in [0.29, 0.717) is 36.7 Å². The zero-order chi connectivity index (χ0) is 26.0. The molecule has 0 saturated carbocycles. The molecule has 5 rings (SSSR count). The van der Waals surface area contributed by atoms with Crippen LogP contribution in [0.4, 0.5) is 0 Å². The molecule has 0 unspecified atom stereocenters. The first kappa shape index (κ1) is 25.3. The van der Waals surface area contributed by atoms with E-state index in [1.165, 1.54) is 23.6 Å². The van der Waals surface area contributed by atoms with E-state index in [0.717, 1.165) is 11.1 Å². The van der Waals surface area contributed by atoms with Gasteiger partial charge in [-0.05, 0) is 34.7 Å². The lowest BCUT2D eigenvalue weighted by Crippen LogP contribution is -2.33. The van der Waals surface area contributed by atoms with Gasteiger partial charge in [0.2, 0.25) is 10.0 Å². The highest BCUT2D eigenvalue weighted by molar-refractivity contribution is 7.89. The Balaban J connectivity index is 1.38. The van der Waals surface area contributed by atoms with Crippen molar-refractivity contribution in [2.75, 3.05) is 19.8 Å². The Morgan fingerprint density at radius 2 is 1.86 bits per heavy atom. The molecule has 9 nitrogen and oxygen atoms in total. The van der Waals surface area contributed by atoms with Gasteiger partial charge in [-0.15, -0.1) is 11.3 Å². The monoisotopic (exact) mass is 540 g/mol. The Morgan fingerprint density at radius 1 is 1.11 bits per heavy atom. The number of carbonyl (C=O) groups excluding carboxylic acids is 1. The standard InChI is InChI=1S/C26H24N2O7S2/c27-37(31,32)23-7-6-18(17-4-2-1-3-5-17)14-19(23)22-15-28-24(35-22)21(29)16-34-25-20(8-13-36-25)26(30)9-11-33-12-10-26/h1-8,13-15,30H,9-12,16H2,(H2,27,31,32). The van der Waals surface area contributed by atoms with Crippen molar-refractivity contribution >= 4 is 27.1 Å². The molecule has 0 spiro atoms. The van der Waals surface area contributed by atoms with Crippen LogP contribution in [0, 0.1) is 0 Å². The minimum absolute atomic E-state index is 0.0819. The average molecular weight is 541 g/mol. The summed E-state index contributed by atoms with van der Waals surface area (Å²) in [5.74, 6) is -0.692. The maximum atomic E-state index is 12.8. The van der Waals surface area contributed by atoms with E-state index in [1.807, 2.05) is 30.3 Å². The van der Waals surface area contributed by atoms with Gasteiger partial charge in [0.25, 0.3) is 11.7 Å². The highest BCUT2D eigenvalue weighted by atomic mass is 32.2. The van der Waals surface area contributed by atoms with Crippen molar-refractivity contribution in [3.8, 4) is 27.5 Å². The third-order valence-corrected chi connectivity index (χ3v) is 7.98. The van der Waals surface area contributed by atoms with Gasteiger partial charge < -0.3 is 19.0 Å². The molecule has 1 fully saturated rings. The van der Waals surface area contributed by atoms with E-state index in [1.54, 1.807) is 23.6 Å². The average Bonchev–Trinajstić information content (AvgIpc) is 3.58. The van der Waals surface area contributed by atoms with Crippen LogP contribution < -0.4 is 9.88 Å². The molecule has 3 heterocycles. The molecule has 2 aromatic carbocycles. The number of ether oxygens (including phenoxy) is 2. The number of hydrogen-bond donors (Lipinski definition) is 2. The van der Waals surface area contributed by atoms with Gasteiger partial charge in [0.1, 0.15) is 0 Å². The predicted octanol–water partition coefficient (Wildman–Crippen LogP) is 3.98. The molecule has 1 aliphatic heterocycles. The van der Waals surface area contributed by atoms with Gasteiger partial charge in [-0.3, -0.25) is 4.79 Å². The highest BCUT2D eigenvalue weighted by Gasteiger charge is 2.35. The number of benzene rings is 2. The Hall–Kier alpha value is -3.35. The second-order valence-corrected chi connectivity index (χ2v) is 11.0. The van der Waals surface area contributed by atoms with Gasteiger partial charge in [-0.1, -0.05) is 36.4 Å². The van der Waals surface area contributed by atoms with Crippen molar-refractivity contribution < 1.29 is 32.2 Å². The zero-order valence-electron chi connectivity index (χ0n) is 19.6. The Labute approximate surface area is 217 Å². The molecule has 0 atom stereocenters. The maximum absolute atomic E-state index is 12.8. The molecule has 3 N–H and O–H groups in total. The van der Waals surface area contributed by atoms with E-state index in [-0.39, 0.29) is 28.7 Å². The molecule has 1 aliphatic rings. The molecule has 192 valence electrons.